The van der Waals surface area contributed by atoms with Crippen LogP contribution in [0.25, 0.3) is 0 Å². The first-order valence-electron chi connectivity index (χ1n) is 7.81. The first-order valence-corrected chi connectivity index (χ1v) is 8.69. The Bertz CT molecular complexity index is 874. The minimum atomic E-state index is -0.214. The van der Waals surface area contributed by atoms with E-state index in [0.717, 1.165) is 5.75 Å². The lowest BCUT2D eigenvalue weighted by Crippen LogP contribution is -2.17. The number of amides is 1. The third-order valence-corrected chi connectivity index (χ3v) is 4.54. The summed E-state index contributed by atoms with van der Waals surface area (Å²) in [6, 6.07) is 16.8. The molecule has 2 heterocycles. The van der Waals surface area contributed by atoms with Gasteiger partial charge in [0, 0.05) is 11.1 Å². The number of hydrogen-bond donors (Lipinski definition) is 1. The Hall–Kier alpha value is -2.99. The van der Waals surface area contributed by atoms with Gasteiger partial charge in [0.25, 0.3) is 5.91 Å². The van der Waals surface area contributed by atoms with Crippen LogP contribution in [0.15, 0.2) is 60.0 Å². The molecule has 0 spiro atoms. The van der Waals surface area contributed by atoms with Crippen molar-refractivity contribution in [2.75, 3.05) is 18.5 Å². The molecule has 4 rings (SSSR count). The van der Waals surface area contributed by atoms with Gasteiger partial charge in [0.1, 0.15) is 29.6 Å². The molecule has 0 saturated carbocycles. The summed E-state index contributed by atoms with van der Waals surface area (Å²) in [7, 11) is 0. The fraction of sp³-hybridized carbons (Fsp3) is 0.105. The average Bonchev–Trinajstić information content (AvgIpc) is 3.08. The number of benzene rings is 2. The number of rotatable bonds is 4. The van der Waals surface area contributed by atoms with Crippen LogP contribution in [0, 0.1) is 0 Å². The van der Waals surface area contributed by atoms with Crippen LogP contribution in [-0.4, -0.2) is 19.1 Å². The van der Waals surface area contributed by atoms with Gasteiger partial charge in [-0.05, 0) is 36.4 Å². The summed E-state index contributed by atoms with van der Waals surface area (Å²) in [6.07, 6.45) is 0. The molecule has 0 bridgehead atoms. The highest BCUT2D eigenvalue weighted by molar-refractivity contribution is 7.13. The molecule has 5 nitrogen and oxygen atoms in total. The van der Waals surface area contributed by atoms with Crippen molar-refractivity contribution in [3.8, 4) is 23.0 Å². The van der Waals surface area contributed by atoms with E-state index < -0.39 is 0 Å². The summed E-state index contributed by atoms with van der Waals surface area (Å²) < 4.78 is 16.7. The quantitative estimate of drug-likeness (QED) is 0.747. The first kappa shape index (κ1) is 15.5. The van der Waals surface area contributed by atoms with Crippen LogP contribution in [0.2, 0.25) is 0 Å². The van der Waals surface area contributed by atoms with E-state index >= 15 is 0 Å². The molecular formula is C19H15NO4S. The normalized spacial score (nSPS) is 12.5. The Kier molecular flexibility index (Phi) is 4.26. The predicted molar refractivity (Wildman–Crippen MR) is 96.2 cm³/mol. The molecule has 1 aromatic heterocycles. The van der Waals surface area contributed by atoms with Crippen molar-refractivity contribution in [1.82, 2.24) is 0 Å². The molecule has 0 fully saturated rings. The Balaban J connectivity index is 1.44. The summed E-state index contributed by atoms with van der Waals surface area (Å²) >= 11 is 1.31. The van der Waals surface area contributed by atoms with Gasteiger partial charge in [0.05, 0.1) is 0 Å². The summed E-state index contributed by atoms with van der Waals surface area (Å²) in [5, 5.41) is 4.66. The molecule has 1 aliphatic heterocycles. The van der Waals surface area contributed by atoms with E-state index in [1.165, 1.54) is 11.3 Å². The molecule has 1 aliphatic rings. The van der Waals surface area contributed by atoms with Gasteiger partial charge in [-0.3, -0.25) is 4.79 Å². The van der Waals surface area contributed by atoms with Gasteiger partial charge in [-0.15, -0.1) is 11.3 Å². The van der Waals surface area contributed by atoms with Crippen molar-refractivity contribution in [1.29, 1.82) is 0 Å². The molecule has 25 heavy (non-hydrogen) atoms. The number of fused-ring (bicyclic) bond motifs is 1. The number of carbonyl (C=O) groups is 1. The summed E-state index contributed by atoms with van der Waals surface area (Å²) in [4.78, 5) is 13.0. The first-order chi connectivity index (χ1) is 12.3. The minimum Gasteiger partial charge on any atom is -0.485 e. The van der Waals surface area contributed by atoms with Crippen molar-refractivity contribution in [3.05, 3.63) is 64.9 Å². The maximum absolute atomic E-state index is 12.5. The highest BCUT2D eigenvalue weighted by Gasteiger charge is 2.23. The zero-order valence-electron chi connectivity index (χ0n) is 13.2. The third kappa shape index (κ3) is 3.44. The molecule has 126 valence electrons. The van der Waals surface area contributed by atoms with Crippen LogP contribution in [0.3, 0.4) is 0 Å². The lowest BCUT2D eigenvalue weighted by Gasteiger charge is -2.15. The highest BCUT2D eigenvalue weighted by Crippen LogP contribution is 2.39. The minimum absolute atomic E-state index is 0.214. The summed E-state index contributed by atoms with van der Waals surface area (Å²) in [5.74, 6) is 2.41. The van der Waals surface area contributed by atoms with Gasteiger partial charge in [-0.2, -0.15) is 0 Å². The number of ether oxygens (including phenoxy) is 3. The maximum Gasteiger partial charge on any atom is 0.269 e. The second-order valence-corrected chi connectivity index (χ2v) is 6.23. The van der Waals surface area contributed by atoms with E-state index in [1.807, 2.05) is 42.5 Å². The van der Waals surface area contributed by atoms with E-state index in [2.05, 4.69) is 5.32 Å². The zero-order chi connectivity index (χ0) is 17.1. The fourth-order valence-electron chi connectivity index (χ4n) is 2.44. The number of anilines is 1. The molecule has 0 radical (unpaired) electrons. The standard InChI is InChI=1S/C19H15NO4S/c21-19(18-17-16(12-25-18)22-10-11-23-17)20-13-6-8-15(9-7-13)24-14-4-2-1-3-5-14/h1-9,12H,10-11H2,(H,20,21). The third-order valence-electron chi connectivity index (χ3n) is 3.60. The van der Waals surface area contributed by atoms with Crippen LogP contribution in [0.1, 0.15) is 9.67 Å². The molecular weight excluding hydrogens is 338 g/mol. The Labute approximate surface area is 148 Å². The second-order valence-electron chi connectivity index (χ2n) is 5.35. The molecule has 2 aromatic carbocycles. The SMILES string of the molecule is O=C(Nc1ccc(Oc2ccccc2)cc1)c1scc2c1OCCO2. The lowest BCUT2D eigenvalue weighted by atomic mass is 10.3. The lowest BCUT2D eigenvalue weighted by molar-refractivity contribution is 0.102. The van der Waals surface area contributed by atoms with E-state index in [9.17, 15) is 4.79 Å². The van der Waals surface area contributed by atoms with Gasteiger partial charge >= 0.3 is 0 Å². The van der Waals surface area contributed by atoms with Crippen molar-refractivity contribution in [2.24, 2.45) is 0 Å². The number of nitrogens with one attached hydrogen (secondary N) is 1. The van der Waals surface area contributed by atoms with Gasteiger partial charge in [0.15, 0.2) is 11.5 Å². The van der Waals surface area contributed by atoms with Gasteiger partial charge < -0.3 is 19.5 Å². The van der Waals surface area contributed by atoms with Crippen LogP contribution < -0.4 is 19.5 Å². The van der Waals surface area contributed by atoms with Crippen LogP contribution in [0.4, 0.5) is 5.69 Å². The van der Waals surface area contributed by atoms with Crippen molar-refractivity contribution in [3.63, 3.8) is 0 Å². The van der Waals surface area contributed by atoms with E-state index in [4.69, 9.17) is 14.2 Å². The van der Waals surface area contributed by atoms with E-state index in [1.54, 1.807) is 17.5 Å². The highest BCUT2D eigenvalue weighted by atomic mass is 32.1. The van der Waals surface area contributed by atoms with Gasteiger partial charge in [0.2, 0.25) is 0 Å². The van der Waals surface area contributed by atoms with Crippen LogP contribution in [-0.2, 0) is 0 Å². The van der Waals surface area contributed by atoms with E-state index in [0.29, 0.717) is 41.0 Å². The predicted octanol–water partition coefficient (Wildman–Crippen LogP) is 4.56. The molecule has 1 N–H and O–H groups in total. The van der Waals surface area contributed by atoms with E-state index in [-0.39, 0.29) is 5.91 Å². The maximum atomic E-state index is 12.5. The average molecular weight is 353 g/mol. The largest absolute Gasteiger partial charge is 0.485 e. The molecule has 0 atom stereocenters. The second kappa shape index (κ2) is 6.86. The molecule has 1 amide bonds. The van der Waals surface area contributed by atoms with Crippen molar-refractivity contribution < 1.29 is 19.0 Å². The van der Waals surface area contributed by atoms with Crippen molar-refractivity contribution >= 4 is 22.9 Å². The Morgan fingerprint density at radius 1 is 0.960 bits per heavy atom. The number of para-hydroxylation sites is 1. The van der Waals surface area contributed by atoms with Crippen LogP contribution in [0.5, 0.6) is 23.0 Å². The Morgan fingerprint density at radius 3 is 2.48 bits per heavy atom. The number of hydrogen-bond acceptors (Lipinski definition) is 5. The molecule has 6 heteroatoms. The topological polar surface area (TPSA) is 56.8 Å². The molecule has 0 aliphatic carbocycles. The molecule has 0 saturated heterocycles. The summed E-state index contributed by atoms with van der Waals surface area (Å²) in [6.45, 7) is 0.962. The smallest absolute Gasteiger partial charge is 0.269 e. The number of thiophene rings is 1. The molecule has 3 aromatic rings. The molecule has 0 unspecified atom stereocenters. The monoisotopic (exact) mass is 353 g/mol. The zero-order valence-corrected chi connectivity index (χ0v) is 14.0. The fourth-order valence-corrected chi connectivity index (χ4v) is 3.26. The number of carbonyl (C=O) groups excluding carboxylic acids is 1. The summed E-state index contributed by atoms with van der Waals surface area (Å²) in [5.41, 5.74) is 0.685. The van der Waals surface area contributed by atoms with Crippen molar-refractivity contribution in [2.45, 2.75) is 0 Å². The van der Waals surface area contributed by atoms with Gasteiger partial charge in [-0.25, -0.2) is 0 Å². The van der Waals surface area contributed by atoms with Crippen LogP contribution >= 0.6 is 11.3 Å². The van der Waals surface area contributed by atoms with Gasteiger partial charge in [-0.1, -0.05) is 18.2 Å². The Morgan fingerprint density at radius 2 is 1.68 bits per heavy atom.